The van der Waals surface area contributed by atoms with E-state index in [0.717, 1.165) is 44.9 Å². The molecule has 0 radical (unpaired) electrons. The molecule has 1 fully saturated rings. The van der Waals surface area contributed by atoms with Crippen molar-refractivity contribution in [3.63, 3.8) is 0 Å². The van der Waals surface area contributed by atoms with E-state index in [1.807, 2.05) is 6.92 Å². The zero-order chi connectivity index (χ0) is 21.9. The van der Waals surface area contributed by atoms with Crippen LogP contribution in [0.25, 0.3) is 0 Å². The van der Waals surface area contributed by atoms with Crippen LogP contribution in [0.5, 0.6) is 0 Å². The largest absolute Gasteiger partial charge is 0.465 e. The third-order valence-corrected chi connectivity index (χ3v) is 6.31. The van der Waals surface area contributed by atoms with Gasteiger partial charge in [0.1, 0.15) is 0 Å². The smallest absolute Gasteiger partial charge is 0.309 e. The predicted octanol–water partition coefficient (Wildman–Crippen LogP) is 7.38. The summed E-state index contributed by atoms with van der Waals surface area (Å²) in [6.45, 7) is 5.18. The van der Waals surface area contributed by atoms with E-state index in [4.69, 9.17) is 9.47 Å². The van der Waals surface area contributed by atoms with Crippen molar-refractivity contribution in [1.82, 2.24) is 0 Å². The van der Waals surface area contributed by atoms with Gasteiger partial charge in [-0.15, -0.1) is 0 Å². The molecule has 1 rings (SSSR count). The van der Waals surface area contributed by atoms with Gasteiger partial charge in [-0.1, -0.05) is 104 Å². The first-order valence-corrected chi connectivity index (χ1v) is 13.0. The van der Waals surface area contributed by atoms with Gasteiger partial charge in [0.15, 0.2) is 0 Å². The first kappa shape index (κ1) is 27.0. The molecule has 4 nitrogen and oxygen atoms in total. The van der Waals surface area contributed by atoms with Gasteiger partial charge in [0.05, 0.1) is 25.0 Å². The van der Waals surface area contributed by atoms with Crippen molar-refractivity contribution < 1.29 is 19.1 Å². The van der Waals surface area contributed by atoms with Gasteiger partial charge in [-0.2, -0.15) is 0 Å². The molecule has 0 aliphatic heterocycles. The molecule has 0 N–H and O–H groups in total. The number of ether oxygens (including phenoxy) is 2. The quantitative estimate of drug-likeness (QED) is 0.170. The molecule has 30 heavy (non-hydrogen) atoms. The summed E-state index contributed by atoms with van der Waals surface area (Å²) in [5.74, 6) is -0.999. The highest BCUT2D eigenvalue weighted by Gasteiger charge is 2.37. The SMILES string of the molecule is CCCCCCCCCCCCCCCOC(=O)C1CCCCC1C(=O)OCCC. The summed E-state index contributed by atoms with van der Waals surface area (Å²) in [5.41, 5.74) is 0. The van der Waals surface area contributed by atoms with Crippen LogP contribution < -0.4 is 0 Å². The molecule has 1 aliphatic rings. The number of esters is 2. The van der Waals surface area contributed by atoms with Crippen molar-refractivity contribution in [2.75, 3.05) is 13.2 Å². The Kier molecular flexibility index (Phi) is 16.8. The Hall–Kier alpha value is -1.06. The first-order chi connectivity index (χ1) is 14.7. The molecule has 4 heteroatoms. The van der Waals surface area contributed by atoms with Crippen LogP contribution in [-0.4, -0.2) is 25.2 Å². The third kappa shape index (κ3) is 12.6. The van der Waals surface area contributed by atoms with E-state index in [2.05, 4.69) is 6.92 Å². The molecule has 0 heterocycles. The van der Waals surface area contributed by atoms with Crippen LogP contribution in [0, 0.1) is 11.8 Å². The molecule has 2 atom stereocenters. The molecule has 1 saturated carbocycles. The number of hydrogen-bond donors (Lipinski definition) is 0. The van der Waals surface area contributed by atoms with Gasteiger partial charge in [-0.05, 0) is 25.7 Å². The van der Waals surface area contributed by atoms with Gasteiger partial charge in [0, 0.05) is 0 Å². The van der Waals surface area contributed by atoms with E-state index in [0.29, 0.717) is 13.2 Å². The molecule has 1 aliphatic carbocycles. The van der Waals surface area contributed by atoms with Crippen LogP contribution in [0.3, 0.4) is 0 Å². The van der Waals surface area contributed by atoms with E-state index in [1.165, 1.54) is 70.6 Å². The Morgan fingerprint density at radius 1 is 0.567 bits per heavy atom. The lowest BCUT2D eigenvalue weighted by atomic mass is 9.79. The third-order valence-electron chi connectivity index (χ3n) is 6.31. The van der Waals surface area contributed by atoms with E-state index < -0.39 is 0 Å². The monoisotopic (exact) mass is 424 g/mol. The minimum atomic E-state index is -0.301. The van der Waals surface area contributed by atoms with Crippen molar-refractivity contribution >= 4 is 11.9 Å². The second kappa shape index (κ2) is 18.7. The lowest BCUT2D eigenvalue weighted by Crippen LogP contribution is -2.35. The lowest BCUT2D eigenvalue weighted by molar-refractivity contribution is -0.163. The Labute approximate surface area is 185 Å². The highest BCUT2D eigenvalue weighted by atomic mass is 16.5. The highest BCUT2D eigenvalue weighted by Crippen LogP contribution is 2.32. The van der Waals surface area contributed by atoms with Crippen LogP contribution >= 0.6 is 0 Å². The molecule has 0 bridgehead atoms. The molecular weight excluding hydrogens is 376 g/mol. The maximum Gasteiger partial charge on any atom is 0.309 e. The van der Waals surface area contributed by atoms with Crippen molar-refractivity contribution in [1.29, 1.82) is 0 Å². The molecule has 2 unspecified atom stereocenters. The van der Waals surface area contributed by atoms with Gasteiger partial charge in [0.25, 0.3) is 0 Å². The number of carbonyl (C=O) groups excluding carboxylic acids is 2. The average Bonchev–Trinajstić information content (AvgIpc) is 2.77. The molecule has 176 valence electrons. The van der Waals surface area contributed by atoms with Crippen LogP contribution in [0.2, 0.25) is 0 Å². The summed E-state index contributed by atoms with van der Waals surface area (Å²) < 4.78 is 10.8. The second-order valence-electron chi connectivity index (χ2n) is 9.08. The van der Waals surface area contributed by atoms with Crippen molar-refractivity contribution in [3.05, 3.63) is 0 Å². The Balaban J connectivity index is 2.01. The topological polar surface area (TPSA) is 52.6 Å². The molecule has 0 aromatic heterocycles. The van der Waals surface area contributed by atoms with Crippen LogP contribution in [0.15, 0.2) is 0 Å². The molecule has 0 saturated heterocycles. The molecule has 0 spiro atoms. The molecule has 0 aromatic rings. The van der Waals surface area contributed by atoms with Gasteiger partial charge in [-0.3, -0.25) is 9.59 Å². The van der Waals surface area contributed by atoms with Crippen LogP contribution in [0.4, 0.5) is 0 Å². The number of hydrogen-bond acceptors (Lipinski definition) is 4. The number of carbonyl (C=O) groups is 2. The number of unbranched alkanes of at least 4 members (excludes halogenated alkanes) is 12. The summed E-state index contributed by atoms with van der Waals surface area (Å²) in [7, 11) is 0. The van der Waals surface area contributed by atoms with Gasteiger partial charge in [0.2, 0.25) is 0 Å². The average molecular weight is 425 g/mol. The van der Waals surface area contributed by atoms with Crippen molar-refractivity contribution in [2.24, 2.45) is 11.8 Å². The predicted molar refractivity (Wildman–Crippen MR) is 123 cm³/mol. The Morgan fingerprint density at radius 3 is 1.40 bits per heavy atom. The summed E-state index contributed by atoms with van der Waals surface area (Å²) in [6, 6.07) is 0. The van der Waals surface area contributed by atoms with E-state index in [9.17, 15) is 9.59 Å². The zero-order valence-corrected chi connectivity index (χ0v) is 19.9. The summed E-state index contributed by atoms with van der Waals surface area (Å²) in [6.07, 6.45) is 21.3. The lowest BCUT2D eigenvalue weighted by Gasteiger charge is -2.28. The second-order valence-corrected chi connectivity index (χ2v) is 9.08. The molecule has 0 aromatic carbocycles. The summed E-state index contributed by atoms with van der Waals surface area (Å²) >= 11 is 0. The Morgan fingerprint density at radius 2 is 0.967 bits per heavy atom. The first-order valence-electron chi connectivity index (χ1n) is 13.0. The minimum absolute atomic E-state index is 0.188. The maximum atomic E-state index is 12.5. The van der Waals surface area contributed by atoms with Crippen LogP contribution in [0.1, 0.15) is 129 Å². The minimum Gasteiger partial charge on any atom is -0.465 e. The maximum absolute atomic E-state index is 12.5. The highest BCUT2D eigenvalue weighted by molar-refractivity contribution is 5.82. The molecule has 0 amide bonds. The zero-order valence-electron chi connectivity index (χ0n) is 19.9. The van der Waals surface area contributed by atoms with E-state index in [-0.39, 0.29) is 23.8 Å². The van der Waals surface area contributed by atoms with Gasteiger partial charge >= 0.3 is 11.9 Å². The normalized spacial score (nSPS) is 18.9. The molecular formula is C26H48O4. The van der Waals surface area contributed by atoms with Crippen molar-refractivity contribution in [3.8, 4) is 0 Å². The van der Waals surface area contributed by atoms with Crippen molar-refractivity contribution in [2.45, 2.75) is 129 Å². The fraction of sp³-hybridized carbons (Fsp3) is 0.923. The standard InChI is InChI=1S/C26H48O4/c1-3-5-6-7-8-9-10-11-12-13-14-15-18-22-30-26(28)24-20-17-16-19-23(24)25(27)29-21-4-2/h23-24H,3-22H2,1-2H3. The fourth-order valence-corrected chi connectivity index (χ4v) is 4.40. The number of rotatable bonds is 18. The summed E-state index contributed by atoms with van der Waals surface area (Å²) in [5, 5.41) is 0. The van der Waals surface area contributed by atoms with Gasteiger partial charge in [-0.25, -0.2) is 0 Å². The fourth-order valence-electron chi connectivity index (χ4n) is 4.40. The van der Waals surface area contributed by atoms with Gasteiger partial charge < -0.3 is 9.47 Å². The van der Waals surface area contributed by atoms with Crippen LogP contribution in [-0.2, 0) is 19.1 Å². The Bertz CT molecular complexity index is 435. The summed E-state index contributed by atoms with van der Waals surface area (Å²) in [4.78, 5) is 24.7. The van der Waals surface area contributed by atoms with E-state index in [1.54, 1.807) is 0 Å². The van der Waals surface area contributed by atoms with E-state index >= 15 is 0 Å².